The molecule has 1 atom stereocenters. The second kappa shape index (κ2) is 4.06. The average Bonchev–Trinajstić information content (AvgIpc) is 2.84. The maximum absolute atomic E-state index is 12.0. The Morgan fingerprint density at radius 3 is 3.13 bits per heavy atom. The van der Waals surface area contributed by atoms with Gasteiger partial charge >= 0.3 is 0 Å². The van der Waals surface area contributed by atoms with Crippen LogP contribution in [0.15, 0.2) is 16.7 Å². The van der Waals surface area contributed by atoms with Crippen LogP contribution in [0.2, 0.25) is 0 Å². The van der Waals surface area contributed by atoms with Crippen LogP contribution in [0.1, 0.15) is 29.0 Å². The number of carbonyl (C=O) groups excluding carboxylic acids is 1. The highest BCUT2D eigenvalue weighted by Crippen LogP contribution is 2.20. The molecule has 1 aromatic heterocycles. The normalized spacial score (nSPS) is 20.9. The van der Waals surface area contributed by atoms with E-state index in [9.17, 15) is 4.79 Å². The van der Waals surface area contributed by atoms with Gasteiger partial charge in [0.05, 0.1) is 18.2 Å². The SMILES string of the molecule is Cc1cc(C(=O)N2CCC[C@@H]2CO)co1. The van der Waals surface area contributed by atoms with Crippen LogP contribution in [0.25, 0.3) is 0 Å². The van der Waals surface area contributed by atoms with E-state index in [4.69, 9.17) is 9.52 Å². The Balaban J connectivity index is 2.13. The molecule has 0 bridgehead atoms. The average molecular weight is 209 g/mol. The zero-order valence-corrected chi connectivity index (χ0v) is 8.77. The van der Waals surface area contributed by atoms with Crippen molar-refractivity contribution in [2.75, 3.05) is 13.2 Å². The van der Waals surface area contributed by atoms with Gasteiger partial charge in [-0.1, -0.05) is 0 Å². The van der Waals surface area contributed by atoms with Gasteiger partial charge in [-0.05, 0) is 25.8 Å². The molecule has 0 radical (unpaired) electrons. The lowest BCUT2D eigenvalue weighted by molar-refractivity contribution is 0.0677. The fraction of sp³-hybridized carbons (Fsp3) is 0.545. The number of amides is 1. The fourth-order valence-electron chi connectivity index (χ4n) is 2.01. The zero-order valence-electron chi connectivity index (χ0n) is 8.77. The van der Waals surface area contributed by atoms with Crippen molar-refractivity contribution in [1.29, 1.82) is 0 Å². The van der Waals surface area contributed by atoms with Crippen LogP contribution in [0.4, 0.5) is 0 Å². The molecule has 4 heteroatoms. The zero-order chi connectivity index (χ0) is 10.8. The molecule has 0 saturated carbocycles. The van der Waals surface area contributed by atoms with Gasteiger partial charge < -0.3 is 14.4 Å². The molecule has 1 saturated heterocycles. The molecule has 4 nitrogen and oxygen atoms in total. The van der Waals surface area contributed by atoms with E-state index in [1.807, 2.05) is 6.92 Å². The number of hydrogen-bond acceptors (Lipinski definition) is 3. The highest BCUT2D eigenvalue weighted by atomic mass is 16.3. The summed E-state index contributed by atoms with van der Waals surface area (Å²) in [5, 5.41) is 9.12. The Morgan fingerprint density at radius 2 is 2.53 bits per heavy atom. The van der Waals surface area contributed by atoms with E-state index in [0.717, 1.165) is 25.1 Å². The van der Waals surface area contributed by atoms with Crippen LogP contribution in [0.3, 0.4) is 0 Å². The van der Waals surface area contributed by atoms with Gasteiger partial charge in [0.1, 0.15) is 12.0 Å². The van der Waals surface area contributed by atoms with Crippen LogP contribution >= 0.6 is 0 Å². The smallest absolute Gasteiger partial charge is 0.257 e. The Bertz CT molecular complexity index is 358. The number of hydrogen-bond donors (Lipinski definition) is 1. The van der Waals surface area contributed by atoms with Crippen molar-refractivity contribution in [3.05, 3.63) is 23.7 Å². The van der Waals surface area contributed by atoms with Gasteiger partial charge in [-0.15, -0.1) is 0 Å². The van der Waals surface area contributed by atoms with Crippen LogP contribution < -0.4 is 0 Å². The number of nitrogens with zero attached hydrogens (tertiary/aromatic N) is 1. The number of rotatable bonds is 2. The van der Waals surface area contributed by atoms with Crippen LogP contribution in [-0.2, 0) is 0 Å². The molecule has 1 fully saturated rings. The molecule has 82 valence electrons. The summed E-state index contributed by atoms with van der Waals surface area (Å²) in [4.78, 5) is 13.7. The lowest BCUT2D eigenvalue weighted by Crippen LogP contribution is -2.37. The monoisotopic (exact) mass is 209 g/mol. The van der Waals surface area contributed by atoms with Crippen molar-refractivity contribution in [3.8, 4) is 0 Å². The molecule has 0 aliphatic carbocycles. The first-order valence-corrected chi connectivity index (χ1v) is 5.19. The van der Waals surface area contributed by atoms with E-state index in [0.29, 0.717) is 5.56 Å². The van der Waals surface area contributed by atoms with Gasteiger partial charge in [-0.3, -0.25) is 4.79 Å². The Kier molecular flexibility index (Phi) is 2.77. The van der Waals surface area contributed by atoms with Gasteiger partial charge in [-0.2, -0.15) is 0 Å². The molecular formula is C11H15NO3. The third-order valence-electron chi connectivity index (χ3n) is 2.83. The Labute approximate surface area is 88.5 Å². The lowest BCUT2D eigenvalue weighted by atomic mass is 10.2. The number of aryl methyl sites for hydroxylation is 1. The minimum atomic E-state index is -0.0385. The summed E-state index contributed by atoms with van der Waals surface area (Å²) in [7, 11) is 0. The van der Waals surface area contributed by atoms with E-state index >= 15 is 0 Å². The molecule has 0 spiro atoms. The molecule has 0 unspecified atom stereocenters. The van der Waals surface area contributed by atoms with Crippen LogP contribution in [0.5, 0.6) is 0 Å². The summed E-state index contributed by atoms with van der Waals surface area (Å²) in [6.07, 6.45) is 3.33. The predicted octanol–water partition coefficient (Wildman–Crippen LogP) is 1.18. The summed E-state index contributed by atoms with van der Waals surface area (Å²) in [6.45, 7) is 2.58. The van der Waals surface area contributed by atoms with Crippen LogP contribution in [-0.4, -0.2) is 35.1 Å². The minimum Gasteiger partial charge on any atom is -0.469 e. The first-order valence-electron chi connectivity index (χ1n) is 5.19. The molecule has 1 amide bonds. The summed E-state index contributed by atoms with van der Waals surface area (Å²) >= 11 is 0. The van der Waals surface area contributed by atoms with Crippen molar-refractivity contribution >= 4 is 5.91 Å². The standard InChI is InChI=1S/C11H15NO3/c1-8-5-9(7-15-8)11(14)12-4-2-3-10(12)6-13/h5,7,10,13H,2-4,6H2,1H3/t10-/m1/s1. The highest BCUT2D eigenvalue weighted by molar-refractivity contribution is 5.94. The maximum atomic E-state index is 12.0. The topological polar surface area (TPSA) is 53.7 Å². The van der Waals surface area contributed by atoms with Crippen LogP contribution in [0, 0.1) is 6.92 Å². The van der Waals surface area contributed by atoms with Crippen molar-refractivity contribution in [1.82, 2.24) is 4.90 Å². The molecule has 1 N–H and O–H groups in total. The molecule has 1 aliphatic heterocycles. The van der Waals surface area contributed by atoms with E-state index in [1.165, 1.54) is 6.26 Å². The number of carbonyl (C=O) groups is 1. The van der Waals surface area contributed by atoms with Crippen molar-refractivity contribution < 1.29 is 14.3 Å². The third-order valence-corrected chi connectivity index (χ3v) is 2.83. The lowest BCUT2D eigenvalue weighted by Gasteiger charge is -2.22. The van der Waals surface area contributed by atoms with Crippen molar-refractivity contribution in [3.63, 3.8) is 0 Å². The van der Waals surface area contributed by atoms with E-state index in [1.54, 1.807) is 11.0 Å². The molecule has 1 aliphatic rings. The quantitative estimate of drug-likeness (QED) is 0.795. The maximum Gasteiger partial charge on any atom is 0.257 e. The first-order chi connectivity index (χ1) is 7.22. The largest absolute Gasteiger partial charge is 0.469 e. The second-order valence-corrected chi connectivity index (χ2v) is 3.92. The molecule has 2 rings (SSSR count). The molecule has 15 heavy (non-hydrogen) atoms. The first kappa shape index (κ1) is 10.2. The van der Waals surface area contributed by atoms with E-state index in [-0.39, 0.29) is 18.6 Å². The summed E-state index contributed by atoms with van der Waals surface area (Å²) in [6, 6.07) is 1.71. The number of aliphatic hydroxyl groups is 1. The summed E-state index contributed by atoms with van der Waals surface area (Å²) < 4.78 is 5.10. The molecule has 2 heterocycles. The fourth-order valence-corrected chi connectivity index (χ4v) is 2.01. The van der Waals surface area contributed by atoms with Gasteiger partial charge in [0, 0.05) is 6.54 Å². The molecular weight excluding hydrogens is 194 g/mol. The minimum absolute atomic E-state index is 0.0206. The second-order valence-electron chi connectivity index (χ2n) is 3.92. The number of furan rings is 1. The highest BCUT2D eigenvalue weighted by Gasteiger charge is 2.29. The van der Waals surface area contributed by atoms with Gasteiger partial charge in [-0.25, -0.2) is 0 Å². The van der Waals surface area contributed by atoms with Gasteiger partial charge in [0.15, 0.2) is 0 Å². The van der Waals surface area contributed by atoms with Crippen molar-refractivity contribution in [2.45, 2.75) is 25.8 Å². The summed E-state index contributed by atoms with van der Waals surface area (Å²) in [5.74, 6) is 0.696. The summed E-state index contributed by atoms with van der Waals surface area (Å²) in [5.41, 5.74) is 0.577. The molecule has 0 aromatic carbocycles. The Morgan fingerprint density at radius 1 is 1.73 bits per heavy atom. The Hall–Kier alpha value is -1.29. The third kappa shape index (κ3) is 1.90. The van der Waals surface area contributed by atoms with Gasteiger partial charge in [0.25, 0.3) is 5.91 Å². The number of aliphatic hydroxyl groups excluding tert-OH is 1. The van der Waals surface area contributed by atoms with E-state index in [2.05, 4.69) is 0 Å². The van der Waals surface area contributed by atoms with E-state index < -0.39 is 0 Å². The van der Waals surface area contributed by atoms with Crippen molar-refractivity contribution in [2.24, 2.45) is 0 Å². The van der Waals surface area contributed by atoms with Gasteiger partial charge in [0.2, 0.25) is 0 Å². The number of likely N-dealkylation sites (tertiary alicyclic amines) is 1. The molecule has 1 aromatic rings. The predicted molar refractivity (Wildman–Crippen MR) is 54.6 cm³/mol.